The van der Waals surface area contributed by atoms with Crippen LogP contribution in [0.25, 0.3) is 5.52 Å². The first kappa shape index (κ1) is 10.4. The van der Waals surface area contributed by atoms with Gasteiger partial charge < -0.3 is 4.40 Å². The molecule has 2 aromatic heterocycles. The number of ketones is 1. The topological polar surface area (TPSA) is 34.4 Å². The molecule has 14 heavy (non-hydrogen) atoms. The number of carbonyl (C=O) groups is 1. The Kier molecular flexibility index (Phi) is 3.40. The number of rotatable bonds is 1. The maximum Gasteiger partial charge on any atom is 0.159 e. The zero-order chi connectivity index (χ0) is 10.6. The lowest BCUT2D eigenvalue weighted by Gasteiger charge is -1.95. The van der Waals surface area contributed by atoms with E-state index in [1.807, 2.05) is 30.5 Å². The predicted octanol–water partition coefficient (Wildman–Crippen LogP) is 2.56. The monoisotopic (exact) mass is 190 g/mol. The first-order chi connectivity index (χ1) is 6.77. The zero-order valence-corrected chi connectivity index (χ0v) is 8.69. The minimum Gasteiger partial charge on any atom is -0.306 e. The minimum absolute atomic E-state index is 0.0821. The van der Waals surface area contributed by atoms with Crippen molar-refractivity contribution in [3.05, 3.63) is 36.4 Å². The standard InChI is InChI=1S/C9H8N2O.C2H6/c1-7(12)8-2-3-11-6-10-5-9(11)4-8;1-2/h2-6H,1H3;1-2H3. The second kappa shape index (κ2) is 4.56. The molecule has 0 fully saturated rings. The molecule has 2 aromatic rings. The van der Waals surface area contributed by atoms with Crippen LogP contribution in [0, 0.1) is 0 Å². The summed E-state index contributed by atoms with van der Waals surface area (Å²) in [5, 5.41) is 0. The Morgan fingerprint density at radius 2 is 2.14 bits per heavy atom. The molecule has 0 amide bonds. The van der Waals surface area contributed by atoms with Gasteiger partial charge >= 0.3 is 0 Å². The van der Waals surface area contributed by atoms with Crippen molar-refractivity contribution in [3.8, 4) is 0 Å². The predicted molar refractivity (Wildman–Crippen MR) is 56.5 cm³/mol. The SMILES string of the molecule is CC.CC(=O)c1ccn2cncc2c1. The van der Waals surface area contributed by atoms with Crippen LogP contribution in [0.4, 0.5) is 0 Å². The van der Waals surface area contributed by atoms with Gasteiger partial charge in [-0.25, -0.2) is 4.98 Å². The van der Waals surface area contributed by atoms with E-state index < -0.39 is 0 Å². The van der Waals surface area contributed by atoms with Gasteiger partial charge in [-0.3, -0.25) is 4.79 Å². The molecule has 0 atom stereocenters. The molecule has 3 nitrogen and oxygen atoms in total. The van der Waals surface area contributed by atoms with Crippen molar-refractivity contribution in [2.75, 3.05) is 0 Å². The van der Waals surface area contributed by atoms with E-state index in [4.69, 9.17) is 0 Å². The van der Waals surface area contributed by atoms with Crippen molar-refractivity contribution in [2.45, 2.75) is 20.8 Å². The first-order valence-electron chi connectivity index (χ1n) is 4.70. The molecule has 0 saturated carbocycles. The number of hydrogen-bond acceptors (Lipinski definition) is 2. The van der Waals surface area contributed by atoms with Crippen LogP contribution in [-0.4, -0.2) is 15.2 Å². The number of Topliss-reactive ketones (excluding diaryl/α,β-unsaturated/α-hetero) is 1. The molecule has 0 aliphatic rings. The van der Waals surface area contributed by atoms with Gasteiger partial charge in [-0.1, -0.05) is 13.8 Å². The smallest absolute Gasteiger partial charge is 0.159 e. The third-order valence-corrected chi connectivity index (χ3v) is 1.82. The van der Waals surface area contributed by atoms with Gasteiger partial charge in [0.1, 0.15) is 0 Å². The summed E-state index contributed by atoms with van der Waals surface area (Å²) in [4.78, 5) is 14.9. The number of hydrogen-bond donors (Lipinski definition) is 0. The Hall–Kier alpha value is -1.64. The average Bonchev–Trinajstić information content (AvgIpc) is 2.67. The van der Waals surface area contributed by atoms with Crippen LogP contribution in [0.5, 0.6) is 0 Å². The normalized spacial score (nSPS) is 9.36. The quantitative estimate of drug-likeness (QED) is 0.648. The Morgan fingerprint density at radius 3 is 2.79 bits per heavy atom. The maximum atomic E-state index is 11.0. The van der Waals surface area contributed by atoms with Crippen LogP contribution < -0.4 is 0 Å². The summed E-state index contributed by atoms with van der Waals surface area (Å²) in [5.41, 5.74) is 1.67. The number of carbonyl (C=O) groups excluding carboxylic acids is 1. The van der Waals surface area contributed by atoms with E-state index in [0.29, 0.717) is 0 Å². The van der Waals surface area contributed by atoms with Crippen LogP contribution in [-0.2, 0) is 0 Å². The van der Waals surface area contributed by atoms with Crippen molar-refractivity contribution >= 4 is 11.3 Å². The van der Waals surface area contributed by atoms with E-state index in [9.17, 15) is 4.79 Å². The maximum absolute atomic E-state index is 11.0. The van der Waals surface area contributed by atoms with E-state index in [0.717, 1.165) is 11.1 Å². The van der Waals surface area contributed by atoms with Crippen molar-refractivity contribution in [1.29, 1.82) is 0 Å². The Bertz CT molecular complexity index is 432. The number of pyridine rings is 1. The number of fused-ring (bicyclic) bond motifs is 1. The second-order valence-corrected chi connectivity index (χ2v) is 2.70. The lowest BCUT2D eigenvalue weighted by molar-refractivity contribution is 0.101. The van der Waals surface area contributed by atoms with Gasteiger partial charge in [0.25, 0.3) is 0 Å². The summed E-state index contributed by atoms with van der Waals surface area (Å²) in [6, 6.07) is 3.62. The number of aromatic nitrogens is 2. The Labute approximate surface area is 83.4 Å². The molecule has 2 heterocycles. The molecule has 0 aliphatic carbocycles. The van der Waals surface area contributed by atoms with E-state index in [1.165, 1.54) is 0 Å². The van der Waals surface area contributed by atoms with E-state index in [2.05, 4.69) is 4.98 Å². The van der Waals surface area contributed by atoms with Crippen molar-refractivity contribution < 1.29 is 4.79 Å². The van der Waals surface area contributed by atoms with Crippen LogP contribution in [0.2, 0.25) is 0 Å². The highest BCUT2D eigenvalue weighted by Gasteiger charge is 1.99. The van der Waals surface area contributed by atoms with Gasteiger partial charge in [-0.2, -0.15) is 0 Å². The van der Waals surface area contributed by atoms with Crippen molar-refractivity contribution in [3.63, 3.8) is 0 Å². The molecule has 0 radical (unpaired) electrons. The molecule has 0 saturated heterocycles. The van der Waals surface area contributed by atoms with Gasteiger partial charge in [0.05, 0.1) is 18.0 Å². The lowest BCUT2D eigenvalue weighted by atomic mass is 10.2. The largest absolute Gasteiger partial charge is 0.306 e. The molecule has 2 rings (SSSR count). The summed E-state index contributed by atoms with van der Waals surface area (Å²) < 4.78 is 1.87. The fourth-order valence-electron chi connectivity index (χ4n) is 1.14. The first-order valence-corrected chi connectivity index (χ1v) is 4.70. The van der Waals surface area contributed by atoms with Gasteiger partial charge in [0, 0.05) is 11.8 Å². The molecule has 0 unspecified atom stereocenters. The van der Waals surface area contributed by atoms with Crippen LogP contribution in [0.15, 0.2) is 30.9 Å². The van der Waals surface area contributed by atoms with Crippen molar-refractivity contribution in [1.82, 2.24) is 9.38 Å². The minimum atomic E-state index is 0.0821. The highest BCUT2D eigenvalue weighted by molar-refractivity contribution is 5.95. The summed E-state index contributed by atoms with van der Waals surface area (Å²) >= 11 is 0. The highest BCUT2D eigenvalue weighted by atomic mass is 16.1. The van der Waals surface area contributed by atoms with Crippen LogP contribution in [0.1, 0.15) is 31.1 Å². The van der Waals surface area contributed by atoms with Crippen molar-refractivity contribution in [2.24, 2.45) is 0 Å². The van der Waals surface area contributed by atoms with Crippen LogP contribution >= 0.6 is 0 Å². The third-order valence-electron chi connectivity index (χ3n) is 1.82. The van der Waals surface area contributed by atoms with Gasteiger partial charge in [0.15, 0.2) is 5.78 Å². The molecule has 0 N–H and O–H groups in total. The molecular weight excluding hydrogens is 176 g/mol. The number of nitrogens with zero attached hydrogens (tertiary/aromatic N) is 2. The van der Waals surface area contributed by atoms with Gasteiger partial charge in [-0.05, 0) is 19.1 Å². The van der Waals surface area contributed by atoms with Gasteiger partial charge in [-0.15, -0.1) is 0 Å². The second-order valence-electron chi connectivity index (χ2n) is 2.70. The fraction of sp³-hybridized carbons (Fsp3) is 0.273. The van der Waals surface area contributed by atoms with Crippen LogP contribution in [0.3, 0.4) is 0 Å². The van der Waals surface area contributed by atoms with E-state index in [1.54, 1.807) is 25.5 Å². The molecule has 0 aliphatic heterocycles. The Morgan fingerprint density at radius 1 is 1.43 bits per heavy atom. The third kappa shape index (κ3) is 1.99. The van der Waals surface area contributed by atoms with Gasteiger partial charge in [0.2, 0.25) is 0 Å². The van der Waals surface area contributed by atoms with E-state index >= 15 is 0 Å². The molecule has 0 spiro atoms. The Balaban J connectivity index is 0.000000461. The molecule has 0 bridgehead atoms. The highest BCUT2D eigenvalue weighted by Crippen LogP contribution is 2.06. The molecular formula is C11H14N2O. The average molecular weight is 190 g/mol. The number of imidazole rings is 1. The molecule has 0 aromatic carbocycles. The summed E-state index contributed by atoms with van der Waals surface area (Å²) in [6.07, 6.45) is 5.27. The fourth-order valence-corrected chi connectivity index (χ4v) is 1.14. The molecule has 74 valence electrons. The van der Waals surface area contributed by atoms with E-state index in [-0.39, 0.29) is 5.78 Å². The summed E-state index contributed by atoms with van der Waals surface area (Å²) in [7, 11) is 0. The zero-order valence-electron chi connectivity index (χ0n) is 8.69. The molecule has 3 heteroatoms. The summed E-state index contributed by atoms with van der Waals surface area (Å²) in [5.74, 6) is 0.0821. The summed E-state index contributed by atoms with van der Waals surface area (Å²) in [6.45, 7) is 5.56. The lowest BCUT2D eigenvalue weighted by Crippen LogP contribution is -1.92.